The minimum Gasteiger partial charge on any atom is -0.400 e. The molecule has 15 heteroatoms. The second-order valence-electron chi connectivity index (χ2n) is 10.1. The molecule has 0 saturated carbocycles. The number of hydrogen-bond acceptors (Lipinski definition) is 7. The van der Waals surface area contributed by atoms with Gasteiger partial charge < -0.3 is 31.0 Å². The lowest BCUT2D eigenvalue weighted by Crippen LogP contribution is -2.44. The molecule has 47 heavy (non-hydrogen) atoms. The number of aldehydes is 1. The van der Waals surface area contributed by atoms with E-state index in [4.69, 9.17) is 9.84 Å². The third-order valence-corrected chi connectivity index (χ3v) is 6.72. The van der Waals surface area contributed by atoms with E-state index in [-0.39, 0.29) is 18.3 Å². The Labute approximate surface area is 268 Å². The van der Waals surface area contributed by atoms with E-state index in [1.54, 1.807) is 13.2 Å². The highest BCUT2D eigenvalue weighted by Gasteiger charge is 2.31. The lowest BCUT2D eigenvalue weighted by molar-refractivity contribution is -0.137. The maximum absolute atomic E-state index is 13.7. The molecule has 1 aliphatic rings. The van der Waals surface area contributed by atoms with Crippen LogP contribution >= 0.6 is 0 Å². The zero-order valence-corrected chi connectivity index (χ0v) is 26.1. The minimum absolute atomic E-state index is 0.0347. The molecule has 0 radical (unpaired) electrons. The van der Waals surface area contributed by atoms with Crippen molar-refractivity contribution in [1.29, 1.82) is 0 Å². The third kappa shape index (κ3) is 15.2. The SMILES string of the molecule is CNc1cncc(F)c1CC[C@@H]1CN[C@H](C)CO1.CO.NCC(F)(F)F.O=CC[C@@H](c1ccc(F)cc1)c1cccc(C(F)(F)F)c1. The van der Waals surface area contributed by atoms with Crippen LogP contribution in [0.15, 0.2) is 60.9 Å². The van der Waals surface area contributed by atoms with Gasteiger partial charge in [0.25, 0.3) is 0 Å². The van der Waals surface area contributed by atoms with Crippen LogP contribution in [0.5, 0.6) is 0 Å². The third-order valence-electron chi connectivity index (χ3n) is 6.72. The smallest absolute Gasteiger partial charge is 0.400 e. The molecule has 0 unspecified atom stereocenters. The van der Waals surface area contributed by atoms with Gasteiger partial charge in [0.2, 0.25) is 0 Å². The number of nitrogens with zero attached hydrogens (tertiary/aromatic N) is 1. The Morgan fingerprint density at radius 3 is 2.21 bits per heavy atom. The molecule has 2 aromatic carbocycles. The van der Waals surface area contributed by atoms with Crippen LogP contribution in [-0.4, -0.2) is 68.6 Å². The van der Waals surface area contributed by atoms with Gasteiger partial charge in [0.05, 0.1) is 42.9 Å². The number of benzene rings is 2. The topological polar surface area (TPSA) is 110 Å². The molecule has 1 fully saturated rings. The Balaban J connectivity index is 0.000000387. The number of aliphatic hydroxyl groups excluding tert-OH is 1. The standard InChI is InChI=1S/C16H12F4O.C13H20FN3O.C2H4F3N.CH4O/c17-14-6-4-11(5-7-14)15(8-9-21)12-2-1-3-13(10-12)16(18,19)20;1-9-8-18-10(5-17-9)3-4-11-12(14)6-16-7-13(11)15-2;3-2(4,5)1-6;1-2/h1-7,9-10,15H,8H2;6-7,9-10,15,17H,3-5,8H2,1-2H3;1,6H2;2H,1H3/t15-;9-,10-;;/m01../s1. The molecule has 5 N–H and O–H groups in total. The highest BCUT2D eigenvalue weighted by molar-refractivity contribution is 5.54. The normalized spacial score (nSPS) is 16.6. The van der Waals surface area contributed by atoms with E-state index < -0.39 is 36.2 Å². The molecule has 1 aromatic heterocycles. The van der Waals surface area contributed by atoms with Crippen molar-refractivity contribution in [3.8, 4) is 0 Å². The van der Waals surface area contributed by atoms with Crippen LogP contribution < -0.4 is 16.4 Å². The van der Waals surface area contributed by atoms with Gasteiger partial charge >= 0.3 is 12.4 Å². The Bertz CT molecular complexity index is 1320. The maximum atomic E-state index is 13.7. The van der Waals surface area contributed by atoms with E-state index in [0.29, 0.717) is 35.4 Å². The second kappa shape index (κ2) is 20.5. The molecule has 4 rings (SSSR count). The summed E-state index contributed by atoms with van der Waals surface area (Å²) in [5, 5.41) is 13.3. The van der Waals surface area contributed by atoms with Gasteiger partial charge in [-0.3, -0.25) is 4.98 Å². The van der Waals surface area contributed by atoms with Crippen LogP contribution in [0, 0.1) is 11.6 Å². The average Bonchev–Trinajstić information content (AvgIpc) is 3.05. The van der Waals surface area contributed by atoms with E-state index in [9.17, 15) is 39.9 Å². The summed E-state index contributed by atoms with van der Waals surface area (Å²) in [5.41, 5.74) is 5.84. The first-order chi connectivity index (χ1) is 22.2. The lowest BCUT2D eigenvalue weighted by atomic mass is 9.88. The highest BCUT2D eigenvalue weighted by Crippen LogP contribution is 2.34. The number of nitrogens with one attached hydrogen (secondary N) is 2. The van der Waals surface area contributed by atoms with Crippen molar-refractivity contribution < 1.29 is 49.8 Å². The summed E-state index contributed by atoms with van der Waals surface area (Å²) in [4.78, 5) is 14.7. The minimum atomic E-state index is -4.44. The number of alkyl halides is 6. The number of aliphatic hydroxyl groups is 1. The summed E-state index contributed by atoms with van der Waals surface area (Å²) < 4.78 is 103. The highest BCUT2D eigenvalue weighted by atomic mass is 19.4. The van der Waals surface area contributed by atoms with Crippen molar-refractivity contribution in [3.05, 3.63) is 94.8 Å². The zero-order valence-electron chi connectivity index (χ0n) is 26.1. The number of carbonyl (C=O) groups excluding carboxylic acids is 1. The van der Waals surface area contributed by atoms with Gasteiger partial charge in [0.15, 0.2) is 0 Å². The first kappa shape index (κ1) is 41.4. The molecule has 0 amide bonds. The van der Waals surface area contributed by atoms with Crippen LogP contribution in [0.25, 0.3) is 0 Å². The van der Waals surface area contributed by atoms with Gasteiger partial charge in [-0.1, -0.05) is 30.3 Å². The largest absolute Gasteiger partial charge is 0.416 e. The summed E-state index contributed by atoms with van der Waals surface area (Å²) in [5.74, 6) is -1.21. The molecule has 0 spiro atoms. The number of carbonyl (C=O) groups is 1. The average molecular weight is 681 g/mol. The molecule has 2 heterocycles. The summed E-state index contributed by atoms with van der Waals surface area (Å²) in [7, 11) is 2.78. The fourth-order valence-electron chi connectivity index (χ4n) is 4.34. The van der Waals surface area contributed by atoms with E-state index >= 15 is 0 Å². The van der Waals surface area contributed by atoms with Gasteiger partial charge in [-0.25, -0.2) is 8.78 Å². The Hall–Kier alpha value is -3.66. The predicted molar refractivity (Wildman–Crippen MR) is 163 cm³/mol. The lowest BCUT2D eigenvalue weighted by Gasteiger charge is -2.28. The number of anilines is 1. The molecule has 3 aromatic rings. The monoisotopic (exact) mass is 680 g/mol. The van der Waals surface area contributed by atoms with E-state index in [0.717, 1.165) is 44.5 Å². The van der Waals surface area contributed by atoms with Crippen molar-refractivity contribution >= 4 is 12.0 Å². The van der Waals surface area contributed by atoms with Crippen molar-refractivity contribution in [2.75, 3.05) is 39.2 Å². The van der Waals surface area contributed by atoms with Gasteiger partial charge in [0, 0.05) is 44.6 Å². The Kier molecular flexibility index (Phi) is 18.1. The first-order valence-corrected chi connectivity index (χ1v) is 14.4. The van der Waals surface area contributed by atoms with Gasteiger partial charge in [-0.2, -0.15) is 26.3 Å². The van der Waals surface area contributed by atoms with Gasteiger partial charge in [0.1, 0.15) is 17.9 Å². The molecule has 0 aliphatic carbocycles. The molecule has 1 saturated heterocycles. The van der Waals surface area contributed by atoms with Crippen LogP contribution in [0.2, 0.25) is 0 Å². The number of hydrogen-bond donors (Lipinski definition) is 4. The summed E-state index contributed by atoms with van der Waals surface area (Å²) in [6, 6.07) is 10.7. The molecule has 3 atom stereocenters. The van der Waals surface area contributed by atoms with E-state index in [2.05, 4.69) is 28.3 Å². The van der Waals surface area contributed by atoms with Crippen LogP contribution in [0.4, 0.5) is 40.8 Å². The summed E-state index contributed by atoms with van der Waals surface area (Å²) in [6.45, 7) is 2.43. The summed E-state index contributed by atoms with van der Waals surface area (Å²) in [6.07, 6.45) is -3.39. The quantitative estimate of drug-likeness (QED) is 0.165. The maximum Gasteiger partial charge on any atom is 0.416 e. The van der Waals surface area contributed by atoms with E-state index in [1.807, 2.05) is 0 Å². The fourth-order valence-corrected chi connectivity index (χ4v) is 4.34. The van der Waals surface area contributed by atoms with Crippen LogP contribution in [0.1, 0.15) is 47.9 Å². The fraction of sp³-hybridized carbons (Fsp3) is 0.438. The number of halogens is 8. The Morgan fingerprint density at radius 1 is 1.06 bits per heavy atom. The van der Waals surface area contributed by atoms with Crippen molar-refractivity contribution in [3.63, 3.8) is 0 Å². The van der Waals surface area contributed by atoms with Crippen molar-refractivity contribution in [2.24, 2.45) is 5.73 Å². The number of rotatable bonds is 8. The van der Waals surface area contributed by atoms with Crippen LogP contribution in [-0.2, 0) is 22.1 Å². The summed E-state index contributed by atoms with van der Waals surface area (Å²) >= 11 is 0. The first-order valence-electron chi connectivity index (χ1n) is 14.4. The van der Waals surface area contributed by atoms with Gasteiger partial charge in [-0.15, -0.1) is 0 Å². The predicted octanol–water partition coefficient (Wildman–Crippen LogP) is 6.25. The zero-order chi connectivity index (χ0) is 35.6. The number of nitrogens with two attached hydrogens (primary N) is 1. The Morgan fingerprint density at radius 2 is 1.70 bits per heavy atom. The second-order valence-corrected chi connectivity index (χ2v) is 10.1. The van der Waals surface area contributed by atoms with Gasteiger partial charge in [-0.05, 0) is 49.1 Å². The van der Waals surface area contributed by atoms with Crippen LogP contribution in [0.3, 0.4) is 0 Å². The number of aromatic nitrogens is 1. The number of pyridine rings is 1. The molecule has 7 nitrogen and oxygen atoms in total. The number of morpholine rings is 1. The molecular formula is C32H40F8N4O3. The molecule has 262 valence electrons. The molecule has 1 aliphatic heterocycles. The van der Waals surface area contributed by atoms with Crippen molar-refractivity contribution in [2.45, 2.75) is 56.6 Å². The molecule has 0 bridgehead atoms. The number of ether oxygens (including phenoxy) is 1. The molecular weight excluding hydrogens is 640 g/mol. The van der Waals surface area contributed by atoms with Crippen molar-refractivity contribution in [1.82, 2.24) is 10.3 Å². The van der Waals surface area contributed by atoms with E-state index in [1.165, 1.54) is 42.6 Å².